The standard InChI is InChI=1S/C16H12Cl2O/c1-11-4-2-3-5-12(11)6-9-16(19)14-8-7-13(17)10-15(14)18/h2-10H,1H3/b9-6+. The molecule has 0 fully saturated rings. The van der Waals surface area contributed by atoms with Crippen LogP contribution < -0.4 is 0 Å². The Kier molecular flexibility index (Phi) is 4.41. The van der Waals surface area contributed by atoms with Crippen LogP contribution in [0.4, 0.5) is 0 Å². The molecule has 0 aliphatic heterocycles. The largest absolute Gasteiger partial charge is 0.289 e. The summed E-state index contributed by atoms with van der Waals surface area (Å²) in [7, 11) is 0. The topological polar surface area (TPSA) is 17.1 Å². The maximum Gasteiger partial charge on any atom is 0.187 e. The van der Waals surface area contributed by atoms with Crippen molar-refractivity contribution in [3.05, 3.63) is 75.3 Å². The van der Waals surface area contributed by atoms with Crippen LogP contribution in [0, 0.1) is 6.92 Å². The molecule has 0 bridgehead atoms. The fourth-order valence-electron chi connectivity index (χ4n) is 1.72. The van der Waals surface area contributed by atoms with Crippen molar-refractivity contribution in [3.8, 4) is 0 Å². The maximum absolute atomic E-state index is 12.0. The van der Waals surface area contributed by atoms with E-state index < -0.39 is 0 Å². The molecule has 0 aromatic heterocycles. The Hall–Kier alpha value is -1.57. The molecule has 0 saturated carbocycles. The number of benzene rings is 2. The van der Waals surface area contributed by atoms with Crippen molar-refractivity contribution in [1.29, 1.82) is 0 Å². The summed E-state index contributed by atoms with van der Waals surface area (Å²) in [5.74, 6) is -0.134. The van der Waals surface area contributed by atoms with Crippen LogP contribution in [0.3, 0.4) is 0 Å². The van der Waals surface area contributed by atoms with Gasteiger partial charge in [0.15, 0.2) is 5.78 Å². The van der Waals surface area contributed by atoms with Gasteiger partial charge in [-0.15, -0.1) is 0 Å². The van der Waals surface area contributed by atoms with Crippen LogP contribution in [0.2, 0.25) is 10.0 Å². The predicted octanol–water partition coefficient (Wildman–Crippen LogP) is 5.20. The smallest absolute Gasteiger partial charge is 0.187 e. The van der Waals surface area contributed by atoms with E-state index in [0.29, 0.717) is 15.6 Å². The van der Waals surface area contributed by atoms with E-state index >= 15 is 0 Å². The van der Waals surface area contributed by atoms with Crippen LogP contribution in [0.5, 0.6) is 0 Å². The highest BCUT2D eigenvalue weighted by molar-refractivity contribution is 6.37. The number of halogens is 2. The lowest BCUT2D eigenvalue weighted by Crippen LogP contribution is -1.95. The normalized spacial score (nSPS) is 10.9. The molecule has 0 radical (unpaired) electrons. The number of hydrogen-bond donors (Lipinski definition) is 0. The quantitative estimate of drug-likeness (QED) is 0.561. The van der Waals surface area contributed by atoms with Gasteiger partial charge in [0, 0.05) is 10.6 Å². The summed E-state index contributed by atoms with van der Waals surface area (Å²) >= 11 is 11.8. The average molecular weight is 291 g/mol. The minimum absolute atomic E-state index is 0.134. The Morgan fingerprint density at radius 1 is 1.11 bits per heavy atom. The molecule has 0 saturated heterocycles. The number of carbonyl (C=O) groups is 1. The second-order valence-corrected chi connectivity index (χ2v) is 5.02. The number of ketones is 1. The van der Waals surface area contributed by atoms with Gasteiger partial charge in [-0.25, -0.2) is 0 Å². The molecule has 19 heavy (non-hydrogen) atoms. The van der Waals surface area contributed by atoms with Crippen molar-refractivity contribution in [2.24, 2.45) is 0 Å². The lowest BCUT2D eigenvalue weighted by Gasteiger charge is -2.01. The van der Waals surface area contributed by atoms with E-state index in [2.05, 4.69) is 0 Å². The van der Waals surface area contributed by atoms with Gasteiger partial charge in [0.25, 0.3) is 0 Å². The van der Waals surface area contributed by atoms with Crippen LogP contribution in [-0.4, -0.2) is 5.78 Å². The van der Waals surface area contributed by atoms with Crippen LogP contribution in [0.25, 0.3) is 6.08 Å². The van der Waals surface area contributed by atoms with Gasteiger partial charge >= 0.3 is 0 Å². The van der Waals surface area contributed by atoms with Crippen molar-refractivity contribution < 1.29 is 4.79 Å². The molecule has 0 aliphatic rings. The second kappa shape index (κ2) is 6.05. The summed E-state index contributed by atoms with van der Waals surface area (Å²) in [4.78, 5) is 12.0. The Morgan fingerprint density at radius 3 is 2.53 bits per heavy atom. The minimum Gasteiger partial charge on any atom is -0.289 e. The molecular formula is C16H12Cl2O. The van der Waals surface area contributed by atoms with Gasteiger partial charge in [-0.1, -0.05) is 53.5 Å². The molecule has 3 heteroatoms. The monoisotopic (exact) mass is 290 g/mol. The summed E-state index contributed by atoms with van der Waals surface area (Å²) < 4.78 is 0. The third-order valence-corrected chi connectivity index (χ3v) is 3.35. The van der Waals surface area contributed by atoms with E-state index in [1.807, 2.05) is 31.2 Å². The van der Waals surface area contributed by atoms with Crippen molar-refractivity contribution in [2.45, 2.75) is 6.92 Å². The van der Waals surface area contributed by atoms with Gasteiger partial charge < -0.3 is 0 Å². The van der Waals surface area contributed by atoms with Crippen LogP contribution >= 0.6 is 23.2 Å². The molecule has 0 heterocycles. The fraction of sp³-hybridized carbons (Fsp3) is 0.0625. The van der Waals surface area contributed by atoms with Crippen molar-refractivity contribution in [1.82, 2.24) is 0 Å². The van der Waals surface area contributed by atoms with Crippen LogP contribution in [0.15, 0.2) is 48.5 Å². The van der Waals surface area contributed by atoms with E-state index in [1.54, 1.807) is 24.3 Å². The minimum atomic E-state index is -0.134. The number of rotatable bonds is 3. The zero-order chi connectivity index (χ0) is 13.8. The molecule has 0 atom stereocenters. The molecule has 1 nitrogen and oxygen atoms in total. The molecule has 2 aromatic rings. The maximum atomic E-state index is 12.0. The third-order valence-electron chi connectivity index (χ3n) is 2.80. The summed E-state index contributed by atoms with van der Waals surface area (Å²) in [6.45, 7) is 2.00. The van der Waals surface area contributed by atoms with Crippen LogP contribution in [-0.2, 0) is 0 Å². The summed E-state index contributed by atoms with van der Waals surface area (Å²) in [5.41, 5.74) is 2.59. The first-order valence-electron chi connectivity index (χ1n) is 5.81. The van der Waals surface area contributed by atoms with Crippen molar-refractivity contribution in [3.63, 3.8) is 0 Å². The molecule has 0 N–H and O–H groups in total. The van der Waals surface area contributed by atoms with Crippen molar-refractivity contribution in [2.75, 3.05) is 0 Å². The molecule has 96 valence electrons. The summed E-state index contributed by atoms with van der Waals surface area (Å²) in [6.07, 6.45) is 3.32. The fourth-order valence-corrected chi connectivity index (χ4v) is 2.22. The summed E-state index contributed by atoms with van der Waals surface area (Å²) in [6, 6.07) is 12.7. The number of hydrogen-bond acceptors (Lipinski definition) is 1. The molecular weight excluding hydrogens is 279 g/mol. The van der Waals surface area contributed by atoms with E-state index in [4.69, 9.17) is 23.2 Å². The highest BCUT2D eigenvalue weighted by atomic mass is 35.5. The Morgan fingerprint density at radius 2 is 1.84 bits per heavy atom. The average Bonchev–Trinajstić information content (AvgIpc) is 2.37. The predicted molar refractivity (Wildman–Crippen MR) is 81.0 cm³/mol. The van der Waals surface area contributed by atoms with Gasteiger partial charge in [0.05, 0.1) is 5.02 Å². The van der Waals surface area contributed by atoms with E-state index in [9.17, 15) is 4.79 Å². The van der Waals surface area contributed by atoms with Gasteiger partial charge in [-0.3, -0.25) is 4.79 Å². The molecule has 0 spiro atoms. The molecule has 0 amide bonds. The third kappa shape index (κ3) is 3.46. The van der Waals surface area contributed by atoms with Gasteiger partial charge in [0.1, 0.15) is 0 Å². The van der Waals surface area contributed by atoms with E-state index in [0.717, 1.165) is 11.1 Å². The van der Waals surface area contributed by atoms with Crippen LogP contribution in [0.1, 0.15) is 21.5 Å². The molecule has 2 aromatic carbocycles. The molecule has 0 aliphatic carbocycles. The molecule has 2 rings (SSSR count). The lowest BCUT2D eigenvalue weighted by molar-refractivity contribution is 0.104. The SMILES string of the molecule is Cc1ccccc1/C=C/C(=O)c1ccc(Cl)cc1Cl. The van der Waals surface area contributed by atoms with Crippen molar-refractivity contribution >= 4 is 35.1 Å². The summed E-state index contributed by atoms with van der Waals surface area (Å²) in [5, 5.41) is 0.886. The van der Waals surface area contributed by atoms with Gasteiger partial charge in [-0.2, -0.15) is 0 Å². The van der Waals surface area contributed by atoms with E-state index in [-0.39, 0.29) is 5.78 Å². The zero-order valence-corrected chi connectivity index (χ0v) is 11.9. The lowest BCUT2D eigenvalue weighted by atomic mass is 10.1. The first-order valence-corrected chi connectivity index (χ1v) is 6.56. The Bertz CT molecular complexity index is 645. The Balaban J connectivity index is 2.24. The highest BCUT2D eigenvalue weighted by Gasteiger charge is 2.07. The Labute approximate surface area is 122 Å². The molecule has 0 unspecified atom stereocenters. The van der Waals surface area contributed by atoms with Gasteiger partial charge in [-0.05, 0) is 42.3 Å². The highest BCUT2D eigenvalue weighted by Crippen LogP contribution is 2.22. The first-order chi connectivity index (χ1) is 9.08. The second-order valence-electron chi connectivity index (χ2n) is 4.18. The first kappa shape index (κ1) is 13.9. The van der Waals surface area contributed by atoms with Gasteiger partial charge in [0.2, 0.25) is 0 Å². The number of carbonyl (C=O) groups excluding carboxylic acids is 1. The zero-order valence-electron chi connectivity index (χ0n) is 10.4. The number of allylic oxidation sites excluding steroid dienone is 1. The van der Waals surface area contributed by atoms with E-state index in [1.165, 1.54) is 6.08 Å². The number of aryl methyl sites for hydroxylation is 1.